The first-order valence-electron chi connectivity index (χ1n) is 3.48. The van der Waals surface area contributed by atoms with Gasteiger partial charge in [-0.25, -0.2) is 0 Å². The van der Waals surface area contributed by atoms with Gasteiger partial charge >= 0.3 is 0 Å². The molecule has 1 unspecified atom stereocenters. The maximum absolute atomic E-state index is 6.92. The van der Waals surface area contributed by atoms with E-state index in [2.05, 4.69) is 4.98 Å². The van der Waals surface area contributed by atoms with Crippen LogP contribution in [-0.4, -0.2) is 17.8 Å². The summed E-state index contributed by atoms with van der Waals surface area (Å²) in [5.41, 5.74) is 1.80. The summed E-state index contributed by atoms with van der Waals surface area (Å²) in [6, 6.07) is 3.77. The predicted octanol–water partition coefficient (Wildman–Crippen LogP) is 1.15. The molecule has 0 amide bonds. The average molecular weight is 148 g/mol. The Hall–Kier alpha value is -1.22. The predicted molar refractivity (Wildman–Crippen MR) is 40.8 cm³/mol. The lowest BCUT2D eigenvalue weighted by molar-refractivity contribution is 0.415. The van der Waals surface area contributed by atoms with Gasteiger partial charge in [-0.05, 0) is 6.07 Å². The zero-order chi connectivity index (χ0) is 7.68. The van der Waals surface area contributed by atoms with Crippen molar-refractivity contribution in [3.8, 4) is 0 Å². The molecule has 1 atom stereocenters. The lowest BCUT2D eigenvalue weighted by Gasteiger charge is -1.93. The lowest BCUT2D eigenvalue weighted by Crippen LogP contribution is -1.88. The summed E-state index contributed by atoms with van der Waals surface area (Å²) in [5, 5.41) is 6.92. The van der Waals surface area contributed by atoms with E-state index in [0.29, 0.717) is 5.69 Å². The van der Waals surface area contributed by atoms with Gasteiger partial charge in [0.25, 0.3) is 0 Å². The fourth-order valence-corrected chi connectivity index (χ4v) is 0.933. The highest BCUT2D eigenvalue weighted by molar-refractivity contribution is 5.73. The normalized spacial score (nSPS) is 21.3. The molecule has 1 aliphatic heterocycles. The van der Waals surface area contributed by atoms with E-state index in [1.165, 1.54) is 6.21 Å². The Morgan fingerprint density at radius 1 is 1.64 bits per heavy atom. The molecular formula is C8H8N2O. The number of hydrogen-bond donors (Lipinski definition) is 1. The number of nitrogens with zero attached hydrogens (tertiary/aromatic N) is 1. The molecule has 0 aromatic carbocycles. The van der Waals surface area contributed by atoms with E-state index in [9.17, 15) is 0 Å². The van der Waals surface area contributed by atoms with Gasteiger partial charge in [-0.3, -0.25) is 4.98 Å². The topological polar surface area (TPSA) is 49.3 Å². The van der Waals surface area contributed by atoms with Crippen molar-refractivity contribution in [1.82, 2.24) is 4.98 Å². The third-order valence-corrected chi connectivity index (χ3v) is 1.66. The molecule has 1 N–H and O–H groups in total. The van der Waals surface area contributed by atoms with Gasteiger partial charge in [-0.1, -0.05) is 6.07 Å². The second-order valence-electron chi connectivity index (χ2n) is 2.48. The summed E-state index contributed by atoms with van der Waals surface area (Å²) >= 11 is 0. The molecule has 1 aromatic heterocycles. The summed E-state index contributed by atoms with van der Waals surface area (Å²) in [7, 11) is 0. The first kappa shape index (κ1) is 6.49. The summed E-state index contributed by atoms with van der Waals surface area (Å²) < 4.78 is 5.07. The number of hydrogen-bond acceptors (Lipinski definition) is 3. The van der Waals surface area contributed by atoms with Crippen LogP contribution in [0.3, 0.4) is 0 Å². The highest BCUT2D eigenvalue weighted by atomic mass is 16.6. The van der Waals surface area contributed by atoms with Gasteiger partial charge in [0.05, 0.1) is 12.3 Å². The first-order valence-corrected chi connectivity index (χ1v) is 3.48. The minimum absolute atomic E-state index is 0.266. The van der Waals surface area contributed by atoms with Gasteiger partial charge < -0.3 is 10.1 Å². The molecule has 56 valence electrons. The van der Waals surface area contributed by atoms with Crippen molar-refractivity contribution in [2.24, 2.45) is 0 Å². The molecule has 0 aliphatic carbocycles. The number of pyridine rings is 1. The van der Waals surface area contributed by atoms with Crippen LogP contribution < -0.4 is 0 Å². The van der Waals surface area contributed by atoms with Crippen molar-refractivity contribution in [3.63, 3.8) is 0 Å². The summed E-state index contributed by atoms with van der Waals surface area (Å²) in [6.07, 6.45) is 3.26. The van der Waals surface area contributed by atoms with Crippen LogP contribution in [0.2, 0.25) is 0 Å². The van der Waals surface area contributed by atoms with Crippen LogP contribution in [0.1, 0.15) is 17.4 Å². The van der Waals surface area contributed by atoms with Gasteiger partial charge in [0.2, 0.25) is 0 Å². The lowest BCUT2D eigenvalue weighted by atomic mass is 10.2. The Labute approximate surface area is 64.5 Å². The number of aromatic nitrogens is 1. The average Bonchev–Trinajstić information content (AvgIpc) is 2.87. The molecule has 0 bridgehead atoms. The van der Waals surface area contributed by atoms with Crippen molar-refractivity contribution in [2.75, 3.05) is 6.61 Å². The minimum Gasteiger partial charge on any atom is -0.368 e. The van der Waals surface area contributed by atoms with Crippen LogP contribution >= 0.6 is 0 Å². The smallest absolute Gasteiger partial charge is 0.107 e. The Balaban J connectivity index is 2.25. The van der Waals surface area contributed by atoms with E-state index in [4.69, 9.17) is 10.1 Å². The van der Waals surface area contributed by atoms with Crippen molar-refractivity contribution in [1.29, 1.82) is 5.41 Å². The summed E-state index contributed by atoms with van der Waals surface area (Å²) in [4.78, 5) is 4.04. The molecule has 1 saturated heterocycles. The van der Waals surface area contributed by atoms with Gasteiger partial charge in [-0.2, -0.15) is 0 Å². The molecule has 0 saturated carbocycles. The molecular weight excluding hydrogens is 140 g/mol. The van der Waals surface area contributed by atoms with Crippen LogP contribution in [0.5, 0.6) is 0 Å². The standard InChI is InChI=1S/C8H8N2O/c9-3-7-2-1-6(4-10-7)8-5-11-8/h1-4,8-9H,5H2. The molecule has 1 aromatic rings. The molecule has 11 heavy (non-hydrogen) atoms. The Bertz CT molecular complexity index is 264. The van der Waals surface area contributed by atoms with Crippen LogP contribution in [0.25, 0.3) is 0 Å². The van der Waals surface area contributed by atoms with Crippen LogP contribution in [0.4, 0.5) is 0 Å². The molecule has 3 heteroatoms. The van der Waals surface area contributed by atoms with E-state index < -0.39 is 0 Å². The zero-order valence-electron chi connectivity index (χ0n) is 5.95. The number of nitrogens with one attached hydrogen (secondary N) is 1. The molecule has 0 spiro atoms. The molecule has 1 aliphatic rings. The van der Waals surface area contributed by atoms with Gasteiger partial charge in [-0.15, -0.1) is 0 Å². The molecule has 2 rings (SSSR count). The third-order valence-electron chi connectivity index (χ3n) is 1.66. The first-order chi connectivity index (χ1) is 5.40. The van der Waals surface area contributed by atoms with Crippen molar-refractivity contribution >= 4 is 6.21 Å². The second kappa shape index (κ2) is 2.43. The number of epoxide rings is 1. The Morgan fingerprint density at radius 2 is 2.45 bits per heavy atom. The molecule has 3 nitrogen and oxygen atoms in total. The fourth-order valence-electron chi connectivity index (χ4n) is 0.933. The van der Waals surface area contributed by atoms with Crippen LogP contribution in [0.15, 0.2) is 18.3 Å². The Kier molecular flexibility index (Phi) is 1.43. The van der Waals surface area contributed by atoms with Crippen LogP contribution in [-0.2, 0) is 4.74 Å². The van der Waals surface area contributed by atoms with Crippen LogP contribution in [0, 0.1) is 5.41 Å². The third kappa shape index (κ3) is 1.28. The quantitative estimate of drug-likeness (QED) is 0.505. The molecule has 1 fully saturated rings. The second-order valence-corrected chi connectivity index (χ2v) is 2.48. The monoisotopic (exact) mass is 148 g/mol. The summed E-state index contributed by atoms with van der Waals surface area (Å²) in [5.74, 6) is 0. The zero-order valence-corrected chi connectivity index (χ0v) is 5.95. The van der Waals surface area contributed by atoms with Gasteiger partial charge in [0.1, 0.15) is 6.10 Å². The fraction of sp³-hybridized carbons (Fsp3) is 0.250. The van der Waals surface area contributed by atoms with Gasteiger partial charge in [0, 0.05) is 18.0 Å². The molecule has 2 heterocycles. The van der Waals surface area contributed by atoms with E-state index in [0.717, 1.165) is 12.2 Å². The number of ether oxygens (including phenoxy) is 1. The Morgan fingerprint density at radius 3 is 2.91 bits per heavy atom. The SMILES string of the molecule is N=Cc1ccc(C2CO2)cn1. The number of rotatable bonds is 2. The van der Waals surface area contributed by atoms with Crippen molar-refractivity contribution in [2.45, 2.75) is 6.10 Å². The van der Waals surface area contributed by atoms with E-state index in [-0.39, 0.29) is 6.10 Å². The molecule has 0 radical (unpaired) electrons. The highest BCUT2D eigenvalue weighted by Crippen LogP contribution is 2.28. The maximum atomic E-state index is 6.92. The van der Waals surface area contributed by atoms with Crippen molar-refractivity contribution in [3.05, 3.63) is 29.6 Å². The van der Waals surface area contributed by atoms with Gasteiger partial charge in [0.15, 0.2) is 0 Å². The minimum atomic E-state index is 0.266. The van der Waals surface area contributed by atoms with E-state index >= 15 is 0 Å². The maximum Gasteiger partial charge on any atom is 0.107 e. The van der Waals surface area contributed by atoms with E-state index in [1.807, 2.05) is 12.1 Å². The summed E-state index contributed by atoms with van der Waals surface area (Å²) in [6.45, 7) is 0.811. The van der Waals surface area contributed by atoms with Crippen molar-refractivity contribution < 1.29 is 4.74 Å². The largest absolute Gasteiger partial charge is 0.368 e. The highest BCUT2D eigenvalue weighted by Gasteiger charge is 2.24. The van der Waals surface area contributed by atoms with E-state index in [1.54, 1.807) is 6.20 Å².